The molecule has 28 heavy (non-hydrogen) atoms. The van der Waals surface area contributed by atoms with E-state index in [0.717, 1.165) is 11.1 Å². The summed E-state index contributed by atoms with van der Waals surface area (Å²) in [6.07, 6.45) is -1.07. The van der Waals surface area contributed by atoms with Gasteiger partial charge in [0.1, 0.15) is 0 Å². The van der Waals surface area contributed by atoms with E-state index in [9.17, 15) is 14.4 Å². The fourth-order valence-corrected chi connectivity index (χ4v) is 2.47. The molecule has 2 amide bonds. The monoisotopic (exact) mass is 379 g/mol. The van der Waals surface area contributed by atoms with Gasteiger partial charge < -0.3 is 15.4 Å². The van der Waals surface area contributed by atoms with Crippen molar-refractivity contribution in [1.82, 2.24) is 5.32 Å². The molecule has 0 fully saturated rings. The van der Waals surface area contributed by atoms with Crippen LogP contribution in [0.2, 0.25) is 0 Å². The summed E-state index contributed by atoms with van der Waals surface area (Å²) in [7, 11) is 0. The third-order valence-electron chi connectivity index (χ3n) is 4.07. The lowest BCUT2D eigenvalue weighted by atomic mass is 10.1. The second kappa shape index (κ2) is 9.33. The van der Waals surface area contributed by atoms with Gasteiger partial charge in [0.15, 0.2) is 6.10 Å². The van der Waals surface area contributed by atoms with Crippen molar-refractivity contribution in [2.75, 3.05) is 11.9 Å². The highest BCUT2D eigenvalue weighted by molar-refractivity contribution is 5.97. The van der Waals surface area contributed by atoms with Gasteiger partial charge in [0.2, 0.25) is 5.91 Å². The molecular formula is C21H21N3O4. The zero-order valence-electron chi connectivity index (χ0n) is 15.9. The number of rotatable bonds is 6. The van der Waals surface area contributed by atoms with E-state index in [1.165, 1.54) is 31.2 Å². The Bertz CT molecular complexity index is 909. The largest absolute Gasteiger partial charge is 0.449 e. The second-order valence-electron chi connectivity index (χ2n) is 6.27. The van der Waals surface area contributed by atoms with E-state index in [1.807, 2.05) is 38.1 Å². The molecule has 2 rings (SSSR count). The standard InChI is InChI=1S/C21H21N3O4/c1-13-5-4-6-14(2)19(13)24-18(25)12-23-20(26)15(3)28-21(27)17-9-7-16(11-22)8-10-17/h4-10,15H,12H2,1-3H3,(H,23,26)(H,24,25)/t15-/m1/s1. The highest BCUT2D eigenvalue weighted by Gasteiger charge is 2.19. The van der Waals surface area contributed by atoms with Gasteiger partial charge in [-0.1, -0.05) is 18.2 Å². The number of amides is 2. The number of nitriles is 1. The predicted molar refractivity (Wildman–Crippen MR) is 104 cm³/mol. The van der Waals surface area contributed by atoms with Crippen molar-refractivity contribution in [3.63, 3.8) is 0 Å². The predicted octanol–water partition coefficient (Wildman–Crippen LogP) is 2.48. The van der Waals surface area contributed by atoms with Crippen molar-refractivity contribution in [3.05, 3.63) is 64.7 Å². The summed E-state index contributed by atoms with van der Waals surface area (Å²) in [5.41, 5.74) is 3.19. The van der Waals surface area contributed by atoms with E-state index in [4.69, 9.17) is 10.00 Å². The molecule has 0 bridgehead atoms. The molecule has 0 aliphatic carbocycles. The minimum atomic E-state index is -1.07. The van der Waals surface area contributed by atoms with Crippen LogP contribution in [0.4, 0.5) is 5.69 Å². The van der Waals surface area contributed by atoms with E-state index in [0.29, 0.717) is 11.3 Å². The van der Waals surface area contributed by atoms with Crippen molar-refractivity contribution < 1.29 is 19.1 Å². The number of anilines is 1. The number of hydrogen-bond acceptors (Lipinski definition) is 5. The summed E-state index contributed by atoms with van der Waals surface area (Å²) in [5.74, 6) is -1.65. The van der Waals surface area contributed by atoms with E-state index in [-0.39, 0.29) is 18.0 Å². The fraction of sp³-hybridized carbons (Fsp3) is 0.238. The smallest absolute Gasteiger partial charge is 0.338 e. The van der Waals surface area contributed by atoms with Gasteiger partial charge in [0.05, 0.1) is 23.7 Å². The number of para-hydroxylation sites is 1. The maximum Gasteiger partial charge on any atom is 0.338 e. The average molecular weight is 379 g/mol. The number of nitrogens with one attached hydrogen (secondary N) is 2. The van der Waals surface area contributed by atoms with E-state index >= 15 is 0 Å². The molecule has 2 N–H and O–H groups in total. The van der Waals surface area contributed by atoms with Crippen molar-refractivity contribution in [3.8, 4) is 6.07 Å². The Morgan fingerprint density at radius 2 is 1.68 bits per heavy atom. The Morgan fingerprint density at radius 3 is 2.25 bits per heavy atom. The number of carbonyl (C=O) groups is 3. The molecule has 2 aromatic rings. The lowest BCUT2D eigenvalue weighted by Crippen LogP contribution is -2.40. The molecule has 0 aromatic heterocycles. The van der Waals surface area contributed by atoms with E-state index < -0.39 is 18.0 Å². The number of aryl methyl sites for hydroxylation is 2. The molecule has 7 heteroatoms. The number of benzene rings is 2. The van der Waals surface area contributed by atoms with Crippen LogP contribution in [-0.2, 0) is 14.3 Å². The highest BCUT2D eigenvalue weighted by Crippen LogP contribution is 2.19. The van der Waals surface area contributed by atoms with E-state index in [2.05, 4.69) is 10.6 Å². The summed E-state index contributed by atoms with van der Waals surface area (Å²) >= 11 is 0. The molecule has 2 aromatic carbocycles. The van der Waals surface area contributed by atoms with Crippen LogP contribution in [0.25, 0.3) is 0 Å². The molecule has 0 spiro atoms. The van der Waals surface area contributed by atoms with Crippen LogP contribution in [-0.4, -0.2) is 30.4 Å². The van der Waals surface area contributed by atoms with Gasteiger partial charge >= 0.3 is 5.97 Å². The normalized spacial score (nSPS) is 11.1. The lowest BCUT2D eigenvalue weighted by molar-refractivity contribution is -0.130. The second-order valence-corrected chi connectivity index (χ2v) is 6.27. The van der Waals surface area contributed by atoms with Gasteiger partial charge in [-0.25, -0.2) is 4.79 Å². The first kappa shape index (κ1) is 20.6. The number of hydrogen-bond donors (Lipinski definition) is 2. The van der Waals surface area contributed by atoms with Crippen molar-refractivity contribution in [2.24, 2.45) is 0 Å². The number of esters is 1. The Kier molecular flexibility index (Phi) is 6.88. The lowest BCUT2D eigenvalue weighted by Gasteiger charge is -2.15. The molecule has 0 radical (unpaired) electrons. The summed E-state index contributed by atoms with van der Waals surface area (Å²) < 4.78 is 5.09. The first-order valence-corrected chi connectivity index (χ1v) is 8.66. The first-order chi connectivity index (χ1) is 13.3. The van der Waals surface area contributed by atoms with Gasteiger partial charge in [-0.2, -0.15) is 5.26 Å². The third-order valence-corrected chi connectivity index (χ3v) is 4.07. The molecule has 144 valence electrons. The molecule has 0 aliphatic heterocycles. The zero-order chi connectivity index (χ0) is 20.7. The summed E-state index contributed by atoms with van der Waals surface area (Å²) in [6.45, 7) is 4.93. The summed E-state index contributed by atoms with van der Waals surface area (Å²) in [4.78, 5) is 36.2. The zero-order valence-corrected chi connectivity index (χ0v) is 15.9. The topological polar surface area (TPSA) is 108 Å². The summed E-state index contributed by atoms with van der Waals surface area (Å²) in [5, 5.41) is 14.0. The molecule has 1 atom stereocenters. The van der Waals surface area contributed by atoms with Crippen LogP contribution >= 0.6 is 0 Å². The third kappa shape index (κ3) is 5.42. The Labute approximate surface area is 163 Å². The first-order valence-electron chi connectivity index (χ1n) is 8.66. The van der Waals surface area contributed by atoms with Gasteiger partial charge in [-0.05, 0) is 56.2 Å². The van der Waals surface area contributed by atoms with Gasteiger partial charge in [0.25, 0.3) is 5.91 Å². The van der Waals surface area contributed by atoms with Crippen molar-refractivity contribution in [1.29, 1.82) is 5.26 Å². The molecule has 0 unspecified atom stereocenters. The average Bonchev–Trinajstić information content (AvgIpc) is 2.69. The van der Waals surface area contributed by atoms with Crippen LogP contribution in [0.15, 0.2) is 42.5 Å². The van der Waals surface area contributed by atoms with Crippen molar-refractivity contribution in [2.45, 2.75) is 26.9 Å². The number of ether oxygens (including phenoxy) is 1. The minimum absolute atomic E-state index is 0.228. The van der Waals surface area contributed by atoms with Crippen LogP contribution in [0.5, 0.6) is 0 Å². The van der Waals surface area contributed by atoms with Crippen LogP contribution in [0.1, 0.15) is 34.0 Å². The highest BCUT2D eigenvalue weighted by atomic mass is 16.5. The van der Waals surface area contributed by atoms with Crippen LogP contribution < -0.4 is 10.6 Å². The molecular weight excluding hydrogens is 358 g/mol. The fourth-order valence-electron chi connectivity index (χ4n) is 2.47. The number of carbonyl (C=O) groups excluding carboxylic acids is 3. The molecule has 7 nitrogen and oxygen atoms in total. The minimum Gasteiger partial charge on any atom is -0.449 e. The molecule has 0 heterocycles. The molecule has 0 aliphatic rings. The molecule has 0 saturated carbocycles. The Hall–Kier alpha value is -3.66. The summed E-state index contributed by atoms with van der Waals surface area (Å²) in [6, 6.07) is 13.5. The van der Waals surface area contributed by atoms with E-state index in [1.54, 1.807) is 0 Å². The molecule has 0 saturated heterocycles. The van der Waals surface area contributed by atoms with Gasteiger partial charge in [-0.3, -0.25) is 9.59 Å². The SMILES string of the molecule is Cc1cccc(C)c1NC(=O)CNC(=O)[C@@H](C)OC(=O)c1ccc(C#N)cc1. The number of nitrogens with zero attached hydrogens (tertiary/aromatic N) is 1. The van der Waals surface area contributed by atoms with Crippen LogP contribution in [0.3, 0.4) is 0 Å². The van der Waals surface area contributed by atoms with Gasteiger partial charge in [0, 0.05) is 5.69 Å². The Balaban J connectivity index is 1.85. The van der Waals surface area contributed by atoms with Gasteiger partial charge in [-0.15, -0.1) is 0 Å². The maximum atomic E-state index is 12.1. The Morgan fingerprint density at radius 1 is 1.07 bits per heavy atom. The quantitative estimate of drug-likeness (QED) is 0.750. The van der Waals surface area contributed by atoms with Crippen LogP contribution in [0, 0.1) is 25.2 Å². The maximum absolute atomic E-state index is 12.1. The van der Waals surface area contributed by atoms with Crippen molar-refractivity contribution >= 4 is 23.5 Å².